The number of hydrogen-bond donors (Lipinski definition) is 1. The second kappa shape index (κ2) is 14.3. The van der Waals surface area contributed by atoms with Crippen molar-refractivity contribution in [2.75, 3.05) is 12.4 Å². The molecule has 234 valence electrons. The molecule has 7 aromatic rings. The summed E-state index contributed by atoms with van der Waals surface area (Å²) in [6.45, 7) is 0.695. The Balaban J connectivity index is 0.000000167. The smallest absolute Gasteiger partial charge is 0.161 e. The van der Waals surface area contributed by atoms with E-state index < -0.39 is 0 Å². The summed E-state index contributed by atoms with van der Waals surface area (Å²) in [6.07, 6.45) is 8.65. The first-order chi connectivity index (χ1) is 23.1. The van der Waals surface area contributed by atoms with Crippen molar-refractivity contribution in [1.82, 2.24) is 29.9 Å². The minimum atomic E-state index is 0.433. The van der Waals surface area contributed by atoms with E-state index in [1.165, 1.54) is 17.5 Å². The maximum absolute atomic E-state index is 5.98. The van der Waals surface area contributed by atoms with E-state index in [4.69, 9.17) is 21.3 Å². The molecule has 0 spiro atoms. The third-order valence-electron chi connectivity index (χ3n) is 7.58. The van der Waals surface area contributed by atoms with Crippen LogP contribution in [0.1, 0.15) is 32.3 Å². The second-order valence-corrected chi connectivity index (χ2v) is 13.2. The van der Waals surface area contributed by atoms with Crippen LogP contribution in [0.2, 0.25) is 5.15 Å². The number of ether oxygens (including phenoxy) is 1. The molecule has 5 heterocycles. The van der Waals surface area contributed by atoms with Crippen molar-refractivity contribution < 1.29 is 4.74 Å². The Morgan fingerprint density at radius 3 is 2.00 bits per heavy atom. The van der Waals surface area contributed by atoms with Gasteiger partial charge in [-0.25, -0.2) is 29.9 Å². The molecule has 12 heteroatoms. The monoisotopic (exact) mass is 676 g/mol. The van der Waals surface area contributed by atoms with E-state index in [2.05, 4.69) is 83.8 Å². The molecule has 8 rings (SSSR count). The summed E-state index contributed by atoms with van der Waals surface area (Å²) in [4.78, 5) is 32.3. The van der Waals surface area contributed by atoms with Gasteiger partial charge in [0.15, 0.2) is 11.0 Å². The Labute approximate surface area is 284 Å². The Morgan fingerprint density at radius 1 is 0.745 bits per heavy atom. The fourth-order valence-electron chi connectivity index (χ4n) is 5.20. The van der Waals surface area contributed by atoms with Gasteiger partial charge >= 0.3 is 0 Å². The number of fused-ring (bicyclic) bond motifs is 3. The van der Waals surface area contributed by atoms with Gasteiger partial charge < -0.3 is 10.1 Å². The van der Waals surface area contributed by atoms with Crippen LogP contribution in [0.3, 0.4) is 0 Å². The summed E-state index contributed by atoms with van der Waals surface area (Å²) in [5, 5.41) is 5.93. The van der Waals surface area contributed by atoms with Gasteiger partial charge in [-0.1, -0.05) is 94.9 Å². The predicted molar refractivity (Wildman–Crippen MR) is 191 cm³/mol. The van der Waals surface area contributed by atoms with Crippen molar-refractivity contribution in [1.29, 1.82) is 0 Å². The molecule has 0 unspecified atom stereocenters. The second-order valence-electron chi connectivity index (χ2n) is 10.7. The summed E-state index contributed by atoms with van der Waals surface area (Å²) in [5.41, 5.74) is 7.23. The molecule has 0 saturated heterocycles. The number of nitrogens with zero attached hydrogens (tertiary/aromatic N) is 7. The summed E-state index contributed by atoms with van der Waals surface area (Å²) in [7, 11) is 1.67. The number of rotatable bonds is 9. The lowest BCUT2D eigenvalue weighted by molar-refractivity contribution is 0.416. The molecule has 0 radical (unpaired) electrons. The number of methoxy groups -OCH3 is 1. The molecule has 4 aromatic heterocycles. The van der Waals surface area contributed by atoms with Crippen molar-refractivity contribution in [3.8, 4) is 5.75 Å². The van der Waals surface area contributed by atoms with Crippen molar-refractivity contribution in [3.63, 3.8) is 0 Å². The van der Waals surface area contributed by atoms with Crippen LogP contribution in [0.15, 0.2) is 90.4 Å². The highest BCUT2D eigenvalue weighted by atomic mass is 35.5. The van der Waals surface area contributed by atoms with Gasteiger partial charge in [-0.05, 0) is 47.2 Å². The number of aryl methyl sites for hydroxylation is 4. The number of aromatic nitrogens is 6. The van der Waals surface area contributed by atoms with Gasteiger partial charge in [0, 0.05) is 19.1 Å². The average Bonchev–Trinajstić information content (AvgIpc) is 3.86. The number of halogens is 1. The molecule has 3 aromatic carbocycles. The van der Waals surface area contributed by atoms with Gasteiger partial charge in [-0.15, -0.1) is 0 Å². The number of anilines is 2. The van der Waals surface area contributed by atoms with Crippen LogP contribution in [0, 0.1) is 0 Å². The van der Waals surface area contributed by atoms with Crippen molar-refractivity contribution >= 4 is 72.7 Å². The zero-order valence-corrected chi connectivity index (χ0v) is 27.8. The molecule has 47 heavy (non-hydrogen) atoms. The van der Waals surface area contributed by atoms with E-state index in [-0.39, 0.29) is 0 Å². The Kier molecular flexibility index (Phi) is 9.36. The van der Waals surface area contributed by atoms with Gasteiger partial charge in [-0.2, -0.15) is 0 Å². The third-order valence-corrected chi connectivity index (χ3v) is 9.90. The number of hydrogen-bond acceptors (Lipinski definition) is 11. The molecule has 1 aliphatic rings. The zero-order chi connectivity index (χ0) is 32.0. The lowest BCUT2D eigenvalue weighted by Crippen LogP contribution is -2.00. The first-order valence-corrected chi connectivity index (χ1v) is 17.1. The molecule has 0 bridgehead atoms. The van der Waals surface area contributed by atoms with Crippen LogP contribution in [-0.4, -0.2) is 43.2 Å². The lowest BCUT2D eigenvalue weighted by Gasteiger charge is -2.12. The van der Waals surface area contributed by atoms with Crippen LogP contribution in [-0.2, 0) is 32.2 Å². The molecule has 0 saturated carbocycles. The highest BCUT2D eigenvalue weighted by Gasteiger charge is 2.16. The Hall–Kier alpha value is -4.84. The van der Waals surface area contributed by atoms with Crippen LogP contribution in [0.25, 0.3) is 20.7 Å². The van der Waals surface area contributed by atoms with E-state index in [1.807, 2.05) is 30.5 Å². The van der Waals surface area contributed by atoms with E-state index in [0.29, 0.717) is 23.0 Å². The van der Waals surface area contributed by atoms with Gasteiger partial charge in [0.05, 0.1) is 29.4 Å². The summed E-state index contributed by atoms with van der Waals surface area (Å²) < 4.78 is 5.57. The fourth-order valence-corrected chi connectivity index (χ4v) is 7.23. The SMILES string of the molecule is COc1cc2c(cc1Nc1ncnc3sc(CCc4ccccc4)nc13)C=NC2.Clc1ncnc2sc(CCc3ccccc3)nc12. The molecule has 1 aliphatic heterocycles. The maximum Gasteiger partial charge on any atom is 0.161 e. The standard InChI is InChI=1S/C22H19N5OS.C13H10ClN3S/c1-28-18-10-16-12-23-11-15(16)9-17(18)26-21-20-22(25-13-24-21)29-19(27-20)8-7-14-5-3-2-4-6-14;14-12-11-13(16-8-15-12)18-10(17-11)7-6-9-4-2-1-3-5-9/h2-6,9-11,13H,7-8,12H2,1H3,(H,24,25,26);1-5,8H,6-7H2. The van der Waals surface area contributed by atoms with Crippen molar-refractivity contribution in [2.24, 2.45) is 4.99 Å². The van der Waals surface area contributed by atoms with E-state index >= 15 is 0 Å². The minimum Gasteiger partial charge on any atom is -0.495 e. The quantitative estimate of drug-likeness (QED) is 0.153. The molecular formula is C35H29ClN8OS2. The summed E-state index contributed by atoms with van der Waals surface area (Å²) in [5.74, 6) is 1.45. The molecule has 0 amide bonds. The summed E-state index contributed by atoms with van der Waals surface area (Å²) in [6, 6.07) is 24.9. The van der Waals surface area contributed by atoms with Crippen molar-refractivity contribution in [3.05, 3.63) is 123 Å². The maximum atomic E-state index is 5.98. The van der Waals surface area contributed by atoms with E-state index in [0.717, 1.165) is 73.4 Å². The predicted octanol–water partition coefficient (Wildman–Crippen LogP) is 8.08. The van der Waals surface area contributed by atoms with Gasteiger partial charge in [0.1, 0.15) is 39.1 Å². The highest BCUT2D eigenvalue weighted by Crippen LogP contribution is 2.34. The molecule has 9 nitrogen and oxygen atoms in total. The van der Waals surface area contributed by atoms with Gasteiger partial charge in [0.25, 0.3) is 0 Å². The van der Waals surface area contributed by atoms with Crippen LogP contribution < -0.4 is 10.1 Å². The van der Waals surface area contributed by atoms with Gasteiger partial charge in [-0.3, -0.25) is 4.99 Å². The number of aliphatic imine (C=N–C) groups is 1. The number of nitrogens with one attached hydrogen (secondary N) is 1. The van der Waals surface area contributed by atoms with Crippen LogP contribution in [0.5, 0.6) is 5.75 Å². The first-order valence-electron chi connectivity index (χ1n) is 15.0. The third kappa shape index (κ3) is 7.27. The van der Waals surface area contributed by atoms with Crippen LogP contribution >= 0.6 is 34.3 Å². The Morgan fingerprint density at radius 2 is 1.36 bits per heavy atom. The summed E-state index contributed by atoms with van der Waals surface area (Å²) >= 11 is 9.18. The normalized spacial score (nSPS) is 11.8. The van der Waals surface area contributed by atoms with Crippen molar-refractivity contribution in [2.45, 2.75) is 32.2 Å². The largest absolute Gasteiger partial charge is 0.495 e. The highest BCUT2D eigenvalue weighted by molar-refractivity contribution is 7.18. The average molecular weight is 677 g/mol. The van der Waals surface area contributed by atoms with Gasteiger partial charge in [0.2, 0.25) is 0 Å². The minimum absolute atomic E-state index is 0.433. The number of benzene rings is 3. The lowest BCUT2D eigenvalue weighted by atomic mass is 10.1. The topological polar surface area (TPSA) is 111 Å². The molecule has 0 aliphatic carbocycles. The molecule has 1 N–H and O–H groups in total. The molecule has 0 fully saturated rings. The van der Waals surface area contributed by atoms with E-state index in [9.17, 15) is 0 Å². The molecular weight excluding hydrogens is 648 g/mol. The first kappa shape index (κ1) is 30.8. The zero-order valence-electron chi connectivity index (χ0n) is 25.4. The Bertz CT molecular complexity index is 2170. The number of thiazole rings is 2. The van der Waals surface area contributed by atoms with Crippen LogP contribution in [0.4, 0.5) is 11.5 Å². The van der Waals surface area contributed by atoms with E-state index in [1.54, 1.807) is 36.1 Å². The molecule has 0 atom stereocenters. The fraction of sp³-hybridized carbons (Fsp3) is 0.171.